The number of rotatable bonds is 5. The van der Waals surface area contributed by atoms with E-state index in [4.69, 9.17) is 4.74 Å². The van der Waals surface area contributed by atoms with Crippen LogP contribution in [-0.2, 0) is 11.3 Å². The maximum Gasteiger partial charge on any atom is 0.123 e. The molecule has 0 aromatic heterocycles. The largest absolute Gasteiger partial charge is 0.368 e. The summed E-state index contributed by atoms with van der Waals surface area (Å²) in [6.45, 7) is 0.546. The minimum Gasteiger partial charge on any atom is -0.368 e. The molecule has 0 aliphatic heterocycles. The summed E-state index contributed by atoms with van der Waals surface area (Å²) in [6.07, 6.45) is -0.0137. The molecular weight excluding hydrogens is 422 g/mol. The lowest BCUT2D eigenvalue weighted by Gasteiger charge is -2.16. The lowest BCUT2D eigenvalue weighted by molar-refractivity contribution is 0.0576. The standard InChI is InChI=1S/C15H13BrFIO/c16-13-3-1-2-11(8-13)10-19-15(9-18)12-4-6-14(17)7-5-12/h1-8,15H,9-10H2. The van der Waals surface area contributed by atoms with Crippen molar-refractivity contribution in [3.8, 4) is 0 Å². The van der Waals surface area contributed by atoms with Gasteiger partial charge in [0.2, 0.25) is 0 Å². The number of ether oxygens (including phenoxy) is 1. The van der Waals surface area contributed by atoms with E-state index in [0.717, 1.165) is 20.0 Å². The van der Waals surface area contributed by atoms with Crippen molar-refractivity contribution in [2.24, 2.45) is 0 Å². The van der Waals surface area contributed by atoms with Gasteiger partial charge in [0.05, 0.1) is 12.7 Å². The topological polar surface area (TPSA) is 9.23 Å². The highest BCUT2D eigenvalue weighted by Crippen LogP contribution is 2.22. The molecule has 0 spiro atoms. The molecule has 0 saturated carbocycles. The van der Waals surface area contributed by atoms with Crippen molar-refractivity contribution >= 4 is 38.5 Å². The molecule has 0 radical (unpaired) electrons. The Labute approximate surface area is 134 Å². The van der Waals surface area contributed by atoms with E-state index in [1.54, 1.807) is 12.1 Å². The van der Waals surface area contributed by atoms with Gasteiger partial charge >= 0.3 is 0 Å². The Kier molecular flexibility index (Phi) is 5.78. The molecule has 0 aliphatic carbocycles. The van der Waals surface area contributed by atoms with E-state index in [1.165, 1.54) is 12.1 Å². The van der Waals surface area contributed by atoms with Crippen molar-refractivity contribution in [2.75, 3.05) is 4.43 Å². The number of benzene rings is 2. The molecular formula is C15H13BrFIO. The van der Waals surface area contributed by atoms with E-state index in [9.17, 15) is 4.39 Å². The summed E-state index contributed by atoms with van der Waals surface area (Å²) in [7, 11) is 0. The van der Waals surface area contributed by atoms with Gasteiger partial charge in [-0.1, -0.05) is 62.8 Å². The normalized spacial score (nSPS) is 12.4. The molecule has 1 unspecified atom stereocenters. The maximum atomic E-state index is 12.9. The molecule has 0 fully saturated rings. The van der Waals surface area contributed by atoms with E-state index in [-0.39, 0.29) is 11.9 Å². The van der Waals surface area contributed by atoms with Crippen LogP contribution in [0.3, 0.4) is 0 Å². The molecule has 0 saturated heterocycles. The molecule has 0 N–H and O–H groups in total. The van der Waals surface area contributed by atoms with Gasteiger partial charge < -0.3 is 4.74 Å². The van der Waals surface area contributed by atoms with Crippen molar-refractivity contribution in [1.29, 1.82) is 0 Å². The van der Waals surface area contributed by atoms with E-state index < -0.39 is 0 Å². The van der Waals surface area contributed by atoms with Gasteiger partial charge in [-0.3, -0.25) is 0 Å². The lowest BCUT2D eigenvalue weighted by Crippen LogP contribution is -2.06. The van der Waals surface area contributed by atoms with E-state index in [2.05, 4.69) is 38.5 Å². The molecule has 1 nitrogen and oxygen atoms in total. The van der Waals surface area contributed by atoms with Gasteiger partial charge in [0, 0.05) is 8.90 Å². The molecule has 0 heterocycles. The second kappa shape index (κ2) is 7.36. The molecule has 19 heavy (non-hydrogen) atoms. The molecule has 0 amide bonds. The summed E-state index contributed by atoms with van der Waals surface area (Å²) in [5.41, 5.74) is 2.12. The monoisotopic (exact) mass is 434 g/mol. The van der Waals surface area contributed by atoms with Crippen LogP contribution in [-0.4, -0.2) is 4.43 Å². The highest BCUT2D eigenvalue weighted by molar-refractivity contribution is 14.1. The summed E-state index contributed by atoms with van der Waals surface area (Å²) < 4.78 is 20.7. The summed E-state index contributed by atoms with van der Waals surface area (Å²) in [4.78, 5) is 0. The third kappa shape index (κ3) is 4.54. The second-order valence-electron chi connectivity index (χ2n) is 4.14. The van der Waals surface area contributed by atoms with E-state index in [0.29, 0.717) is 6.61 Å². The summed E-state index contributed by atoms with van der Waals surface area (Å²) in [5, 5.41) is 0. The van der Waals surface area contributed by atoms with Crippen LogP contribution in [0, 0.1) is 5.82 Å². The SMILES string of the molecule is Fc1ccc(C(CI)OCc2cccc(Br)c2)cc1. The summed E-state index contributed by atoms with van der Waals surface area (Å²) in [6, 6.07) is 14.5. The van der Waals surface area contributed by atoms with Crippen LogP contribution in [0.2, 0.25) is 0 Å². The molecule has 100 valence electrons. The van der Waals surface area contributed by atoms with E-state index >= 15 is 0 Å². The van der Waals surface area contributed by atoms with Gasteiger partial charge in [-0.2, -0.15) is 0 Å². The van der Waals surface area contributed by atoms with Crippen molar-refractivity contribution < 1.29 is 9.13 Å². The fourth-order valence-electron chi connectivity index (χ4n) is 1.73. The Morgan fingerprint density at radius 1 is 1.16 bits per heavy atom. The average Bonchev–Trinajstić information content (AvgIpc) is 2.41. The number of hydrogen-bond donors (Lipinski definition) is 0. The maximum absolute atomic E-state index is 12.9. The molecule has 2 aromatic carbocycles. The van der Waals surface area contributed by atoms with Crippen LogP contribution in [0.4, 0.5) is 4.39 Å². The molecule has 0 aliphatic rings. The predicted molar refractivity (Wildman–Crippen MR) is 87.0 cm³/mol. The molecule has 2 rings (SSSR count). The van der Waals surface area contributed by atoms with Gasteiger partial charge in [-0.05, 0) is 35.4 Å². The van der Waals surface area contributed by atoms with Crippen LogP contribution < -0.4 is 0 Å². The van der Waals surface area contributed by atoms with Crippen LogP contribution in [0.5, 0.6) is 0 Å². The van der Waals surface area contributed by atoms with Crippen LogP contribution in [0.1, 0.15) is 17.2 Å². The fourth-order valence-corrected chi connectivity index (χ4v) is 2.94. The fraction of sp³-hybridized carbons (Fsp3) is 0.200. The van der Waals surface area contributed by atoms with E-state index in [1.807, 2.05) is 24.3 Å². The number of hydrogen-bond acceptors (Lipinski definition) is 1. The third-order valence-corrected chi connectivity index (χ3v) is 4.02. The molecule has 4 heteroatoms. The Hall–Kier alpha value is -0.460. The first-order valence-electron chi connectivity index (χ1n) is 5.86. The highest BCUT2D eigenvalue weighted by atomic mass is 127. The second-order valence-corrected chi connectivity index (χ2v) is 5.93. The average molecular weight is 435 g/mol. The van der Waals surface area contributed by atoms with Gasteiger partial charge in [-0.25, -0.2) is 4.39 Å². The Balaban J connectivity index is 2.01. The van der Waals surface area contributed by atoms with Crippen molar-refractivity contribution in [1.82, 2.24) is 0 Å². The molecule has 0 bridgehead atoms. The van der Waals surface area contributed by atoms with Crippen LogP contribution in [0.15, 0.2) is 53.0 Å². The zero-order valence-electron chi connectivity index (χ0n) is 10.2. The van der Waals surface area contributed by atoms with Crippen molar-refractivity contribution in [2.45, 2.75) is 12.7 Å². The Bertz CT molecular complexity index is 530. The van der Waals surface area contributed by atoms with Crippen LogP contribution >= 0.6 is 38.5 Å². The van der Waals surface area contributed by atoms with Gasteiger partial charge in [0.1, 0.15) is 5.82 Å². The van der Waals surface area contributed by atoms with Crippen LogP contribution in [0.25, 0.3) is 0 Å². The smallest absolute Gasteiger partial charge is 0.123 e. The first kappa shape index (κ1) is 14.9. The first-order chi connectivity index (χ1) is 9.19. The molecule has 2 aromatic rings. The number of halogens is 3. The zero-order chi connectivity index (χ0) is 13.7. The zero-order valence-corrected chi connectivity index (χ0v) is 13.9. The predicted octanol–water partition coefficient (Wildman–Crippen LogP) is 5.28. The Morgan fingerprint density at radius 3 is 2.53 bits per heavy atom. The summed E-state index contributed by atoms with van der Waals surface area (Å²) in [5.74, 6) is -0.219. The van der Waals surface area contributed by atoms with Gasteiger partial charge in [0.15, 0.2) is 0 Å². The van der Waals surface area contributed by atoms with Crippen molar-refractivity contribution in [3.05, 3.63) is 69.9 Å². The van der Waals surface area contributed by atoms with Crippen molar-refractivity contribution in [3.63, 3.8) is 0 Å². The lowest BCUT2D eigenvalue weighted by atomic mass is 10.1. The minimum atomic E-state index is -0.219. The first-order valence-corrected chi connectivity index (χ1v) is 8.18. The minimum absolute atomic E-state index is 0.0137. The quantitative estimate of drug-likeness (QED) is 0.459. The van der Waals surface area contributed by atoms with Gasteiger partial charge in [-0.15, -0.1) is 0 Å². The van der Waals surface area contributed by atoms with Gasteiger partial charge in [0.25, 0.3) is 0 Å². The molecule has 1 atom stereocenters. The number of alkyl halides is 1. The third-order valence-electron chi connectivity index (χ3n) is 2.72. The highest BCUT2D eigenvalue weighted by Gasteiger charge is 2.10. The summed E-state index contributed by atoms with van der Waals surface area (Å²) >= 11 is 5.72. The Morgan fingerprint density at radius 2 is 1.89 bits per heavy atom.